The third kappa shape index (κ3) is 2.20. The number of carbonyl (C=O) groups is 1. The monoisotopic (exact) mass is 230 g/mol. The lowest BCUT2D eigenvalue weighted by atomic mass is 10.1. The number of nitrogens with one attached hydrogen (secondary N) is 1. The standard InChI is InChI=1S/C9H11ClN2OS/c1-6-3-2-4-7(5-6)9(10,14)8(13)12-11/h2-5,14H,11H2,1H3,(H,12,13). The van der Waals surface area contributed by atoms with Gasteiger partial charge in [0.1, 0.15) is 0 Å². The quantitative estimate of drug-likeness (QED) is 0.236. The van der Waals surface area contributed by atoms with Gasteiger partial charge in [0.25, 0.3) is 5.91 Å². The van der Waals surface area contributed by atoms with E-state index in [1.165, 1.54) is 0 Å². The van der Waals surface area contributed by atoms with Crippen molar-refractivity contribution < 1.29 is 4.79 Å². The number of rotatable bonds is 2. The van der Waals surface area contributed by atoms with Gasteiger partial charge >= 0.3 is 0 Å². The van der Waals surface area contributed by atoms with Crippen LogP contribution in [0.3, 0.4) is 0 Å². The molecule has 5 heteroatoms. The molecular formula is C9H11ClN2OS. The van der Waals surface area contributed by atoms with Gasteiger partial charge in [0.05, 0.1) is 0 Å². The molecule has 3 nitrogen and oxygen atoms in total. The van der Waals surface area contributed by atoms with Gasteiger partial charge in [-0.05, 0) is 12.5 Å². The van der Waals surface area contributed by atoms with Gasteiger partial charge in [-0.1, -0.05) is 41.4 Å². The van der Waals surface area contributed by atoms with Crippen LogP contribution in [0.15, 0.2) is 24.3 Å². The molecule has 0 heterocycles. The first-order valence-corrected chi connectivity index (χ1v) is 4.80. The van der Waals surface area contributed by atoms with Crippen molar-refractivity contribution >= 4 is 30.1 Å². The number of alkyl halides is 1. The number of nitrogens with two attached hydrogens (primary N) is 1. The van der Waals surface area contributed by atoms with E-state index in [1.54, 1.807) is 12.1 Å². The van der Waals surface area contributed by atoms with Crippen LogP contribution in [0, 0.1) is 6.92 Å². The van der Waals surface area contributed by atoms with Crippen molar-refractivity contribution in [2.24, 2.45) is 5.84 Å². The van der Waals surface area contributed by atoms with Crippen LogP contribution < -0.4 is 11.3 Å². The lowest BCUT2D eigenvalue weighted by Crippen LogP contribution is -2.40. The second-order valence-corrected chi connectivity index (χ2v) is 4.47. The lowest BCUT2D eigenvalue weighted by Gasteiger charge is -2.19. The summed E-state index contributed by atoms with van der Waals surface area (Å²) in [5.41, 5.74) is 3.58. The fourth-order valence-corrected chi connectivity index (χ4v) is 1.45. The summed E-state index contributed by atoms with van der Waals surface area (Å²) in [6, 6.07) is 7.23. The molecule has 0 spiro atoms. The van der Waals surface area contributed by atoms with Crippen LogP contribution in [-0.4, -0.2) is 5.91 Å². The van der Waals surface area contributed by atoms with E-state index < -0.39 is 10.1 Å². The number of carbonyl (C=O) groups excluding carboxylic acids is 1. The van der Waals surface area contributed by atoms with Gasteiger partial charge in [-0.25, -0.2) is 5.84 Å². The third-order valence-electron chi connectivity index (χ3n) is 1.83. The molecule has 14 heavy (non-hydrogen) atoms. The van der Waals surface area contributed by atoms with Gasteiger partial charge in [-0.2, -0.15) is 0 Å². The van der Waals surface area contributed by atoms with E-state index in [0.717, 1.165) is 5.56 Å². The van der Waals surface area contributed by atoms with Crippen LogP contribution in [0.4, 0.5) is 0 Å². The number of thiol groups is 1. The van der Waals surface area contributed by atoms with Crippen molar-refractivity contribution in [2.75, 3.05) is 0 Å². The molecular weight excluding hydrogens is 220 g/mol. The number of benzene rings is 1. The second-order valence-electron chi connectivity index (χ2n) is 2.97. The Morgan fingerprint density at radius 1 is 1.64 bits per heavy atom. The van der Waals surface area contributed by atoms with E-state index in [0.29, 0.717) is 5.56 Å². The molecule has 1 aromatic rings. The topological polar surface area (TPSA) is 55.1 Å². The van der Waals surface area contributed by atoms with Crippen LogP contribution in [0.2, 0.25) is 0 Å². The molecule has 3 N–H and O–H groups in total. The van der Waals surface area contributed by atoms with Crippen molar-refractivity contribution in [1.29, 1.82) is 0 Å². The molecule has 1 unspecified atom stereocenters. The first-order chi connectivity index (χ1) is 6.48. The Balaban J connectivity index is 3.09. The molecule has 1 aromatic carbocycles. The predicted octanol–water partition coefficient (Wildman–Crippen LogP) is 1.31. The fraction of sp³-hybridized carbons (Fsp3) is 0.222. The molecule has 0 bridgehead atoms. The van der Waals surface area contributed by atoms with Crippen molar-refractivity contribution in [1.82, 2.24) is 5.43 Å². The average molecular weight is 231 g/mol. The van der Waals surface area contributed by atoms with E-state index in [-0.39, 0.29) is 0 Å². The van der Waals surface area contributed by atoms with Crippen LogP contribution in [-0.2, 0) is 9.00 Å². The number of hydrazine groups is 1. The fourth-order valence-electron chi connectivity index (χ4n) is 1.08. The summed E-state index contributed by atoms with van der Waals surface area (Å²) < 4.78 is -1.42. The van der Waals surface area contributed by atoms with Crippen molar-refractivity contribution in [2.45, 2.75) is 11.1 Å². The SMILES string of the molecule is Cc1cccc(C(S)(Cl)C(=O)NN)c1. The van der Waals surface area contributed by atoms with E-state index in [9.17, 15) is 4.79 Å². The summed E-state index contributed by atoms with van der Waals surface area (Å²) in [5.74, 6) is 4.45. The molecule has 0 aliphatic rings. The molecule has 76 valence electrons. The summed E-state index contributed by atoms with van der Waals surface area (Å²) in [5, 5.41) is 0. The van der Waals surface area contributed by atoms with Gasteiger partial charge < -0.3 is 0 Å². The van der Waals surface area contributed by atoms with Gasteiger partial charge in [-0.3, -0.25) is 10.2 Å². The van der Waals surface area contributed by atoms with Crippen LogP contribution in [0.25, 0.3) is 0 Å². The number of amides is 1. The Hall–Kier alpha value is -0.710. The molecule has 0 saturated heterocycles. The number of halogens is 1. The summed E-state index contributed by atoms with van der Waals surface area (Å²) in [6.07, 6.45) is 0. The van der Waals surface area contributed by atoms with E-state index in [2.05, 4.69) is 12.6 Å². The Kier molecular flexibility index (Phi) is 3.42. The van der Waals surface area contributed by atoms with Gasteiger partial charge in [0.2, 0.25) is 0 Å². The second kappa shape index (κ2) is 4.21. The van der Waals surface area contributed by atoms with Crippen molar-refractivity contribution in [3.63, 3.8) is 0 Å². The lowest BCUT2D eigenvalue weighted by molar-refractivity contribution is -0.121. The smallest absolute Gasteiger partial charge is 0.269 e. The Morgan fingerprint density at radius 3 is 2.79 bits per heavy atom. The first-order valence-electron chi connectivity index (χ1n) is 3.98. The summed E-state index contributed by atoms with van der Waals surface area (Å²) in [6.45, 7) is 1.91. The Bertz CT molecular complexity index is 354. The maximum Gasteiger partial charge on any atom is 0.269 e. The maximum absolute atomic E-state index is 11.3. The molecule has 0 radical (unpaired) electrons. The Morgan fingerprint density at radius 2 is 2.29 bits per heavy atom. The number of aryl methyl sites for hydroxylation is 1. The zero-order valence-electron chi connectivity index (χ0n) is 7.62. The summed E-state index contributed by atoms with van der Waals surface area (Å²) >= 11 is 10.0. The predicted molar refractivity (Wildman–Crippen MR) is 60.0 cm³/mol. The first kappa shape index (κ1) is 11.4. The minimum absolute atomic E-state index is 0.548. The molecule has 0 fully saturated rings. The highest BCUT2D eigenvalue weighted by molar-refractivity contribution is 7.83. The molecule has 1 amide bonds. The average Bonchev–Trinajstić information content (AvgIpc) is 2.16. The number of hydrogen-bond acceptors (Lipinski definition) is 3. The minimum atomic E-state index is -1.42. The molecule has 1 atom stereocenters. The molecule has 0 aliphatic carbocycles. The Labute approximate surface area is 93.0 Å². The van der Waals surface area contributed by atoms with Crippen molar-refractivity contribution in [3.05, 3.63) is 35.4 Å². The summed E-state index contributed by atoms with van der Waals surface area (Å²) in [4.78, 5) is 11.3. The van der Waals surface area contributed by atoms with Crippen LogP contribution in [0.5, 0.6) is 0 Å². The number of hydrogen-bond donors (Lipinski definition) is 3. The van der Waals surface area contributed by atoms with E-state index >= 15 is 0 Å². The highest BCUT2D eigenvalue weighted by Gasteiger charge is 2.33. The van der Waals surface area contributed by atoms with Crippen LogP contribution in [0.1, 0.15) is 11.1 Å². The largest absolute Gasteiger partial charge is 0.292 e. The van der Waals surface area contributed by atoms with Gasteiger partial charge in [0.15, 0.2) is 4.21 Å². The third-order valence-corrected chi connectivity index (χ3v) is 2.68. The zero-order valence-corrected chi connectivity index (χ0v) is 9.27. The zero-order chi connectivity index (χ0) is 10.8. The van der Waals surface area contributed by atoms with E-state index in [4.69, 9.17) is 17.4 Å². The van der Waals surface area contributed by atoms with E-state index in [1.807, 2.05) is 24.5 Å². The highest BCUT2D eigenvalue weighted by atomic mass is 35.5. The highest BCUT2D eigenvalue weighted by Crippen LogP contribution is 2.33. The molecule has 0 aromatic heterocycles. The molecule has 0 aliphatic heterocycles. The molecule has 0 saturated carbocycles. The normalized spacial score (nSPS) is 14.6. The minimum Gasteiger partial charge on any atom is -0.292 e. The van der Waals surface area contributed by atoms with Crippen molar-refractivity contribution in [3.8, 4) is 0 Å². The van der Waals surface area contributed by atoms with Gasteiger partial charge in [-0.15, -0.1) is 12.6 Å². The van der Waals surface area contributed by atoms with Gasteiger partial charge in [0, 0.05) is 0 Å². The summed E-state index contributed by atoms with van der Waals surface area (Å²) in [7, 11) is 0. The molecule has 1 rings (SSSR count). The van der Waals surface area contributed by atoms with Crippen LogP contribution >= 0.6 is 24.2 Å². The maximum atomic E-state index is 11.3.